The van der Waals surface area contributed by atoms with Crippen LogP contribution >= 0.6 is 0 Å². The van der Waals surface area contributed by atoms with E-state index in [0.717, 1.165) is 5.56 Å². The first-order valence-corrected chi connectivity index (χ1v) is 11.8. The lowest BCUT2D eigenvalue weighted by atomic mass is 9.77. The van der Waals surface area contributed by atoms with Crippen LogP contribution in [-0.2, 0) is 27.5 Å². The van der Waals surface area contributed by atoms with Crippen LogP contribution in [0.4, 0.5) is 0 Å². The van der Waals surface area contributed by atoms with E-state index in [4.69, 9.17) is 0 Å². The Labute approximate surface area is 203 Å². The molecule has 0 aliphatic rings. The number of carboxylic acid groups (broad SMARTS) is 1. The molecule has 0 aromatic heterocycles. The summed E-state index contributed by atoms with van der Waals surface area (Å²) in [5, 5.41) is 31.7. The zero-order chi connectivity index (χ0) is 26.4. The zero-order valence-corrected chi connectivity index (χ0v) is 22.3. The SMILES string of the molecule is CC(Cc1cc(C(=O)c2cc(C(C)(C)C)cc(C(C)(C)C)c2O)c(O)c(C(C)(C)C)c1)C(=O)O. The van der Waals surface area contributed by atoms with E-state index in [1.54, 1.807) is 25.1 Å². The highest BCUT2D eigenvalue weighted by Crippen LogP contribution is 2.41. The Morgan fingerprint density at radius 1 is 0.735 bits per heavy atom. The van der Waals surface area contributed by atoms with Gasteiger partial charge in [-0.2, -0.15) is 0 Å². The highest BCUT2D eigenvalue weighted by molar-refractivity contribution is 6.13. The summed E-state index contributed by atoms with van der Waals surface area (Å²) < 4.78 is 0. The zero-order valence-electron chi connectivity index (χ0n) is 22.3. The van der Waals surface area contributed by atoms with Crippen molar-refractivity contribution in [2.45, 2.75) is 91.9 Å². The molecule has 0 bridgehead atoms. The third-order valence-corrected chi connectivity index (χ3v) is 6.21. The topological polar surface area (TPSA) is 94.8 Å². The molecular formula is C29H40O5. The second-order valence-corrected chi connectivity index (χ2v) is 12.5. The first-order valence-electron chi connectivity index (χ1n) is 11.8. The Kier molecular flexibility index (Phi) is 7.33. The molecule has 34 heavy (non-hydrogen) atoms. The normalized spacial score (nSPS) is 13.6. The van der Waals surface area contributed by atoms with Gasteiger partial charge in [0.1, 0.15) is 11.5 Å². The lowest BCUT2D eigenvalue weighted by molar-refractivity contribution is -0.141. The molecule has 1 unspecified atom stereocenters. The fraction of sp³-hybridized carbons (Fsp3) is 0.517. The maximum Gasteiger partial charge on any atom is 0.306 e. The molecule has 186 valence electrons. The number of phenolic OH excluding ortho intramolecular Hbond substituents is 2. The Hall–Kier alpha value is -2.82. The van der Waals surface area contributed by atoms with Crippen molar-refractivity contribution in [1.82, 2.24) is 0 Å². The monoisotopic (exact) mass is 468 g/mol. The van der Waals surface area contributed by atoms with E-state index in [1.807, 2.05) is 68.4 Å². The van der Waals surface area contributed by atoms with Gasteiger partial charge < -0.3 is 15.3 Å². The number of phenols is 2. The number of aromatic hydroxyl groups is 2. The number of aliphatic carboxylic acids is 1. The number of carbonyl (C=O) groups is 2. The molecule has 3 N–H and O–H groups in total. The summed E-state index contributed by atoms with van der Waals surface area (Å²) in [5.74, 6) is -2.29. The average molecular weight is 469 g/mol. The molecule has 0 amide bonds. The molecule has 0 heterocycles. The second kappa shape index (κ2) is 9.09. The van der Waals surface area contributed by atoms with Crippen LogP contribution in [0.15, 0.2) is 24.3 Å². The van der Waals surface area contributed by atoms with Crippen LogP contribution < -0.4 is 0 Å². The molecule has 5 heteroatoms. The second-order valence-electron chi connectivity index (χ2n) is 12.5. The van der Waals surface area contributed by atoms with Crippen LogP contribution in [0.2, 0.25) is 0 Å². The van der Waals surface area contributed by atoms with E-state index < -0.39 is 28.5 Å². The van der Waals surface area contributed by atoms with Gasteiger partial charge in [0.2, 0.25) is 5.78 Å². The van der Waals surface area contributed by atoms with E-state index in [0.29, 0.717) is 16.7 Å². The molecular weight excluding hydrogens is 428 g/mol. The first-order chi connectivity index (χ1) is 15.2. The van der Waals surface area contributed by atoms with Gasteiger partial charge >= 0.3 is 5.97 Å². The van der Waals surface area contributed by atoms with Gasteiger partial charge in [-0.3, -0.25) is 9.59 Å². The van der Waals surface area contributed by atoms with Gasteiger partial charge in [-0.15, -0.1) is 0 Å². The summed E-state index contributed by atoms with van der Waals surface area (Å²) in [4.78, 5) is 25.3. The third-order valence-electron chi connectivity index (χ3n) is 6.21. The molecule has 0 saturated carbocycles. The Morgan fingerprint density at radius 3 is 1.59 bits per heavy atom. The smallest absolute Gasteiger partial charge is 0.306 e. The number of ketones is 1. The van der Waals surface area contributed by atoms with Crippen LogP contribution in [0, 0.1) is 5.92 Å². The molecule has 0 fully saturated rings. The molecule has 0 radical (unpaired) electrons. The van der Waals surface area contributed by atoms with Gasteiger partial charge in [0, 0.05) is 11.1 Å². The lowest BCUT2D eigenvalue weighted by Crippen LogP contribution is -2.20. The minimum Gasteiger partial charge on any atom is -0.507 e. The molecule has 2 rings (SSSR count). The van der Waals surface area contributed by atoms with Gasteiger partial charge in [-0.1, -0.05) is 81.4 Å². The average Bonchev–Trinajstić information content (AvgIpc) is 2.65. The van der Waals surface area contributed by atoms with E-state index in [9.17, 15) is 24.9 Å². The quantitative estimate of drug-likeness (QED) is 0.436. The van der Waals surface area contributed by atoms with Crippen molar-refractivity contribution in [3.63, 3.8) is 0 Å². The Balaban J connectivity index is 2.84. The van der Waals surface area contributed by atoms with Gasteiger partial charge in [0.15, 0.2) is 0 Å². The van der Waals surface area contributed by atoms with Crippen molar-refractivity contribution in [1.29, 1.82) is 0 Å². The highest BCUT2D eigenvalue weighted by Gasteiger charge is 2.30. The number of benzene rings is 2. The van der Waals surface area contributed by atoms with Crippen molar-refractivity contribution < 1.29 is 24.9 Å². The van der Waals surface area contributed by atoms with E-state index >= 15 is 0 Å². The van der Waals surface area contributed by atoms with Crippen molar-refractivity contribution in [3.8, 4) is 11.5 Å². The maximum absolute atomic E-state index is 13.9. The third kappa shape index (κ3) is 5.81. The first kappa shape index (κ1) is 27.4. The van der Waals surface area contributed by atoms with E-state index in [1.165, 1.54) is 0 Å². The summed E-state index contributed by atoms with van der Waals surface area (Å²) >= 11 is 0. The number of rotatable bonds is 5. The Bertz CT molecular complexity index is 1110. The predicted octanol–water partition coefficient (Wildman–Crippen LogP) is 6.48. The molecule has 2 aromatic rings. The predicted molar refractivity (Wildman–Crippen MR) is 136 cm³/mol. The van der Waals surface area contributed by atoms with Gasteiger partial charge in [-0.25, -0.2) is 0 Å². The summed E-state index contributed by atoms with van der Waals surface area (Å²) in [6.07, 6.45) is 0.222. The summed E-state index contributed by atoms with van der Waals surface area (Å²) in [5.41, 5.74) is 1.85. The lowest BCUT2D eigenvalue weighted by Gasteiger charge is -2.28. The minimum absolute atomic E-state index is 0.0706. The molecule has 0 spiro atoms. The minimum atomic E-state index is -0.927. The Morgan fingerprint density at radius 2 is 1.18 bits per heavy atom. The summed E-state index contributed by atoms with van der Waals surface area (Å²) in [6.45, 7) is 19.5. The van der Waals surface area contributed by atoms with Crippen LogP contribution in [0.25, 0.3) is 0 Å². The van der Waals surface area contributed by atoms with Crippen molar-refractivity contribution in [3.05, 3.63) is 57.6 Å². The maximum atomic E-state index is 13.9. The van der Waals surface area contributed by atoms with Crippen LogP contribution in [0.1, 0.15) is 107 Å². The van der Waals surface area contributed by atoms with E-state index in [2.05, 4.69) is 0 Å². The number of carboxylic acids is 1. The van der Waals surface area contributed by atoms with Crippen LogP contribution in [-0.4, -0.2) is 27.1 Å². The van der Waals surface area contributed by atoms with Gasteiger partial charge in [0.05, 0.1) is 17.0 Å². The molecule has 5 nitrogen and oxygen atoms in total. The summed E-state index contributed by atoms with van der Waals surface area (Å²) in [6, 6.07) is 6.98. The van der Waals surface area contributed by atoms with Crippen molar-refractivity contribution >= 4 is 11.8 Å². The molecule has 0 saturated heterocycles. The standard InChI is InChI=1S/C29H40O5/c1-16(26(33)34)11-17-12-19(24(31)21(13-17)28(5,6)7)23(30)20-14-18(27(2,3)4)15-22(25(20)32)29(8,9)10/h12-16,31-32H,11H2,1-10H3,(H,33,34). The van der Waals surface area contributed by atoms with Crippen molar-refractivity contribution in [2.24, 2.45) is 5.92 Å². The van der Waals surface area contributed by atoms with Crippen LogP contribution in [0.5, 0.6) is 11.5 Å². The molecule has 2 aromatic carbocycles. The summed E-state index contributed by atoms with van der Waals surface area (Å²) in [7, 11) is 0. The van der Waals surface area contributed by atoms with Gasteiger partial charge in [0.25, 0.3) is 0 Å². The number of hydrogen-bond acceptors (Lipinski definition) is 4. The number of carbonyl (C=O) groups excluding carboxylic acids is 1. The molecule has 0 aliphatic heterocycles. The highest BCUT2D eigenvalue weighted by atomic mass is 16.4. The van der Waals surface area contributed by atoms with Crippen molar-refractivity contribution in [2.75, 3.05) is 0 Å². The van der Waals surface area contributed by atoms with Crippen LogP contribution in [0.3, 0.4) is 0 Å². The van der Waals surface area contributed by atoms with Gasteiger partial charge in [-0.05, 0) is 45.9 Å². The fourth-order valence-electron chi connectivity index (χ4n) is 3.96. The van der Waals surface area contributed by atoms with E-state index in [-0.39, 0.29) is 34.5 Å². The fourth-order valence-corrected chi connectivity index (χ4v) is 3.96. The molecule has 1 atom stereocenters. The molecule has 0 aliphatic carbocycles. The number of hydrogen-bond donors (Lipinski definition) is 3. The largest absolute Gasteiger partial charge is 0.507 e.